The molecule has 0 radical (unpaired) electrons. The number of hydrogen-bond donors (Lipinski definition) is 2. The van der Waals surface area contributed by atoms with E-state index in [4.69, 9.17) is 0 Å². The molecule has 1 saturated heterocycles. The van der Waals surface area contributed by atoms with Gasteiger partial charge < -0.3 is 5.32 Å². The van der Waals surface area contributed by atoms with Crippen molar-refractivity contribution in [2.75, 3.05) is 6.54 Å². The molecule has 1 aromatic carbocycles. The van der Waals surface area contributed by atoms with Gasteiger partial charge in [0.05, 0.1) is 0 Å². The molecule has 22 heavy (non-hydrogen) atoms. The molecule has 1 saturated carbocycles. The monoisotopic (exact) mass is 301 g/mol. The Hall–Kier alpha value is -1.88. The molecule has 118 valence electrons. The summed E-state index contributed by atoms with van der Waals surface area (Å²) < 4.78 is 0. The molecule has 2 aliphatic rings. The topological polar surface area (TPSA) is 61.4 Å². The van der Waals surface area contributed by atoms with Crippen molar-refractivity contribution in [3.8, 4) is 0 Å². The average molecular weight is 301 g/mol. The van der Waals surface area contributed by atoms with Crippen LogP contribution in [0.5, 0.6) is 0 Å². The lowest BCUT2D eigenvalue weighted by molar-refractivity contribution is -0.126. The molecule has 1 atom stereocenters. The van der Waals surface area contributed by atoms with Crippen LogP contribution in [0.25, 0.3) is 0 Å². The predicted octanol–water partition coefficient (Wildman–Crippen LogP) is 1.85. The van der Waals surface area contributed by atoms with Crippen molar-refractivity contribution < 1.29 is 9.59 Å². The molecule has 0 spiro atoms. The summed E-state index contributed by atoms with van der Waals surface area (Å²) in [5, 5.41) is 4.92. The normalized spacial score (nSPS) is 22.6. The summed E-state index contributed by atoms with van der Waals surface area (Å²) >= 11 is 0. The van der Waals surface area contributed by atoms with E-state index in [0.29, 0.717) is 11.6 Å². The highest BCUT2D eigenvalue weighted by Crippen LogP contribution is 2.20. The molecule has 1 unspecified atom stereocenters. The molecule has 2 N–H and O–H groups in total. The number of hydrogen-bond acceptors (Lipinski definition) is 3. The lowest BCUT2D eigenvalue weighted by atomic mass is 10.2. The number of rotatable bonds is 4. The van der Waals surface area contributed by atoms with Crippen molar-refractivity contribution in [1.29, 1.82) is 0 Å². The van der Waals surface area contributed by atoms with Crippen LogP contribution in [0.2, 0.25) is 0 Å². The maximum atomic E-state index is 12.4. The van der Waals surface area contributed by atoms with Gasteiger partial charge in [0.2, 0.25) is 5.91 Å². The van der Waals surface area contributed by atoms with Crippen molar-refractivity contribution in [3.63, 3.8) is 0 Å². The highest BCUT2D eigenvalue weighted by molar-refractivity contribution is 5.94. The first-order valence-corrected chi connectivity index (χ1v) is 8.17. The standard InChI is InChI=1S/C17H23N3O2/c21-16(13-7-2-1-3-8-13)19-20-12-6-11-15(20)17(22)18-14-9-4-5-10-14/h1-3,7-8,14-15H,4-6,9-12H2,(H,18,22)(H,19,21). The third-order valence-electron chi connectivity index (χ3n) is 4.54. The average Bonchev–Trinajstić information content (AvgIpc) is 3.19. The summed E-state index contributed by atoms with van der Waals surface area (Å²) in [7, 11) is 0. The van der Waals surface area contributed by atoms with E-state index in [1.807, 2.05) is 18.2 Å². The molecule has 5 nitrogen and oxygen atoms in total. The van der Waals surface area contributed by atoms with Crippen molar-refractivity contribution in [3.05, 3.63) is 35.9 Å². The number of carbonyl (C=O) groups excluding carboxylic acids is 2. The first-order chi connectivity index (χ1) is 10.7. The Bertz CT molecular complexity index is 526. The molecule has 3 rings (SSSR count). The molecule has 5 heteroatoms. The number of nitrogens with zero attached hydrogens (tertiary/aromatic N) is 1. The summed E-state index contributed by atoms with van der Waals surface area (Å²) in [4.78, 5) is 24.7. The molecule has 1 aliphatic carbocycles. The van der Waals surface area contributed by atoms with Crippen LogP contribution in [0.1, 0.15) is 48.9 Å². The second-order valence-corrected chi connectivity index (χ2v) is 6.15. The zero-order valence-electron chi connectivity index (χ0n) is 12.8. The molecule has 2 amide bonds. The van der Waals surface area contributed by atoms with Gasteiger partial charge in [0.25, 0.3) is 5.91 Å². The van der Waals surface area contributed by atoms with Crippen LogP contribution in [0.15, 0.2) is 30.3 Å². The molecular formula is C17H23N3O2. The third-order valence-corrected chi connectivity index (χ3v) is 4.54. The second kappa shape index (κ2) is 6.92. The van der Waals surface area contributed by atoms with E-state index in [1.165, 1.54) is 12.8 Å². The van der Waals surface area contributed by atoms with Gasteiger partial charge >= 0.3 is 0 Å². The van der Waals surface area contributed by atoms with Gasteiger partial charge in [0.1, 0.15) is 6.04 Å². The summed E-state index contributed by atoms with van der Waals surface area (Å²) in [5.41, 5.74) is 3.50. The van der Waals surface area contributed by atoms with E-state index in [1.54, 1.807) is 17.1 Å². The van der Waals surface area contributed by atoms with Crippen LogP contribution < -0.4 is 10.7 Å². The van der Waals surface area contributed by atoms with Crippen molar-refractivity contribution in [1.82, 2.24) is 15.8 Å². The van der Waals surface area contributed by atoms with Gasteiger partial charge in [0, 0.05) is 18.2 Å². The molecule has 0 bridgehead atoms. The van der Waals surface area contributed by atoms with Gasteiger partial charge in [-0.25, -0.2) is 5.01 Å². The molecular weight excluding hydrogens is 278 g/mol. The van der Waals surface area contributed by atoms with E-state index >= 15 is 0 Å². The fourth-order valence-electron chi connectivity index (χ4n) is 3.33. The first-order valence-electron chi connectivity index (χ1n) is 8.17. The molecule has 0 aromatic heterocycles. The van der Waals surface area contributed by atoms with Crippen molar-refractivity contribution >= 4 is 11.8 Å². The Balaban J connectivity index is 1.58. The summed E-state index contributed by atoms with van der Waals surface area (Å²) in [6, 6.07) is 9.18. The van der Waals surface area contributed by atoms with Crippen LogP contribution >= 0.6 is 0 Å². The first kappa shape index (κ1) is 15.0. The number of nitrogens with one attached hydrogen (secondary N) is 2. The molecule has 2 fully saturated rings. The predicted molar refractivity (Wildman–Crippen MR) is 84.0 cm³/mol. The van der Waals surface area contributed by atoms with Crippen molar-refractivity contribution in [2.45, 2.75) is 50.6 Å². The maximum absolute atomic E-state index is 12.4. The summed E-state index contributed by atoms with van der Waals surface area (Å²) in [6.45, 7) is 0.724. The van der Waals surface area contributed by atoms with E-state index in [0.717, 1.165) is 32.2 Å². The van der Waals surface area contributed by atoms with Crippen LogP contribution in [0.3, 0.4) is 0 Å². The van der Waals surface area contributed by atoms with Gasteiger partial charge in [0.15, 0.2) is 0 Å². The SMILES string of the molecule is O=C(NN1CCCC1C(=O)NC1CCCC1)c1ccccc1. The Kier molecular flexibility index (Phi) is 4.73. The third kappa shape index (κ3) is 3.47. The minimum absolute atomic E-state index is 0.0535. The van der Waals surface area contributed by atoms with Crippen LogP contribution in [0, 0.1) is 0 Å². The van der Waals surface area contributed by atoms with E-state index < -0.39 is 0 Å². The minimum atomic E-state index is -0.242. The van der Waals surface area contributed by atoms with Gasteiger partial charge in [-0.05, 0) is 37.8 Å². The zero-order valence-corrected chi connectivity index (χ0v) is 12.8. The number of carbonyl (C=O) groups is 2. The van der Waals surface area contributed by atoms with Gasteiger partial charge in [-0.2, -0.15) is 0 Å². The second-order valence-electron chi connectivity index (χ2n) is 6.15. The Labute approximate surface area is 131 Å². The lowest BCUT2D eigenvalue weighted by Gasteiger charge is -2.25. The molecule has 1 heterocycles. The van der Waals surface area contributed by atoms with Crippen LogP contribution in [-0.2, 0) is 4.79 Å². The van der Waals surface area contributed by atoms with E-state index in [9.17, 15) is 9.59 Å². The van der Waals surface area contributed by atoms with Gasteiger partial charge in [-0.3, -0.25) is 15.0 Å². The van der Waals surface area contributed by atoms with Crippen LogP contribution in [-0.4, -0.2) is 35.5 Å². The van der Waals surface area contributed by atoms with Gasteiger partial charge in [-0.15, -0.1) is 0 Å². The summed E-state index contributed by atoms with van der Waals surface area (Å²) in [5.74, 6) is -0.0982. The minimum Gasteiger partial charge on any atom is -0.352 e. The smallest absolute Gasteiger partial charge is 0.265 e. The highest BCUT2D eigenvalue weighted by atomic mass is 16.2. The number of amides is 2. The summed E-state index contributed by atoms with van der Waals surface area (Å²) in [6.07, 6.45) is 6.28. The van der Waals surface area contributed by atoms with Gasteiger partial charge in [-0.1, -0.05) is 31.0 Å². The fraction of sp³-hybridized carbons (Fsp3) is 0.529. The van der Waals surface area contributed by atoms with Crippen LogP contribution in [0.4, 0.5) is 0 Å². The van der Waals surface area contributed by atoms with Crippen molar-refractivity contribution in [2.24, 2.45) is 0 Å². The largest absolute Gasteiger partial charge is 0.352 e. The van der Waals surface area contributed by atoms with E-state index in [-0.39, 0.29) is 17.9 Å². The number of benzene rings is 1. The zero-order chi connectivity index (χ0) is 15.4. The Morgan fingerprint density at radius 3 is 2.45 bits per heavy atom. The fourth-order valence-corrected chi connectivity index (χ4v) is 3.33. The quantitative estimate of drug-likeness (QED) is 0.892. The lowest BCUT2D eigenvalue weighted by Crippen LogP contribution is -2.52. The Morgan fingerprint density at radius 1 is 1.00 bits per heavy atom. The maximum Gasteiger partial charge on any atom is 0.265 e. The number of hydrazine groups is 1. The Morgan fingerprint density at radius 2 is 1.73 bits per heavy atom. The molecule has 1 aliphatic heterocycles. The highest BCUT2D eigenvalue weighted by Gasteiger charge is 2.33. The van der Waals surface area contributed by atoms with E-state index in [2.05, 4.69) is 10.7 Å². The molecule has 1 aromatic rings.